The number of hydrogen-bond donors (Lipinski definition) is 1. The molecular weight excluding hydrogens is 361 g/mol. The molecule has 7 heteroatoms. The Morgan fingerprint density at radius 3 is 2.84 bits per heavy atom. The fourth-order valence-electron chi connectivity index (χ4n) is 3.24. The Bertz CT molecular complexity index is 746. The second-order valence-electron chi connectivity index (χ2n) is 6.45. The van der Waals surface area contributed by atoms with E-state index >= 15 is 0 Å². The molecule has 25 heavy (non-hydrogen) atoms. The van der Waals surface area contributed by atoms with E-state index in [1.807, 2.05) is 30.0 Å². The zero-order chi connectivity index (χ0) is 17.3. The van der Waals surface area contributed by atoms with Gasteiger partial charge in [-0.15, -0.1) is 12.4 Å². The third-order valence-corrected chi connectivity index (χ3v) is 5.02. The Morgan fingerprint density at radius 2 is 2.16 bits per heavy atom. The molecule has 0 bridgehead atoms. The van der Waals surface area contributed by atoms with Crippen molar-refractivity contribution in [2.75, 3.05) is 13.1 Å². The van der Waals surface area contributed by atoms with Crippen LogP contribution in [0.1, 0.15) is 35.9 Å². The van der Waals surface area contributed by atoms with E-state index in [-0.39, 0.29) is 24.4 Å². The fraction of sp³-hybridized carbons (Fsp3) is 0.444. The summed E-state index contributed by atoms with van der Waals surface area (Å²) in [6.45, 7) is 5.16. The summed E-state index contributed by atoms with van der Waals surface area (Å²) < 4.78 is 5.31. The lowest BCUT2D eigenvalue weighted by Gasteiger charge is -2.34. The first kappa shape index (κ1) is 19.8. The Balaban J connectivity index is 0.00000225. The second-order valence-corrected chi connectivity index (χ2v) is 6.86. The lowest BCUT2D eigenvalue weighted by atomic mass is 9.91. The number of rotatable bonds is 3. The highest BCUT2D eigenvalue weighted by Gasteiger charge is 2.31. The molecule has 1 aliphatic rings. The molecule has 2 heterocycles. The lowest BCUT2D eigenvalue weighted by molar-refractivity contribution is 0.0660. The van der Waals surface area contributed by atoms with Gasteiger partial charge in [0.2, 0.25) is 0 Å². The van der Waals surface area contributed by atoms with Crippen LogP contribution in [0.3, 0.4) is 0 Å². The Hall–Kier alpha value is -1.56. The van der Waals surface area contributed by atoms with Crippen molar-refractivity contribution in [1.82, 2.24) is 10.1 Å². The summed E-state index contributed by atoms with van der Waals surface area (Å²) in [7, 11) is 0. The number of nitrogens with two attached hydrogens (primary N) is 1. The molecule has 0 radical (unpaired) electrons. The largest absolute Gasteiger partial charge is 0.360 e. The summed E-state index contributed by atoms with van der Waals surface area (Å²) in [5.74, 6) is 0.776. The summed E-state index contributed by atoms with van der Waals surface area (Å²) in [6.07, 6.45) is 2.02. The first-order valence-electron chi connectivity index (χ1n) is 8.25. The van der Waals surface area contributed by atoms with E-state index in [9.17, 15) is 4.79 Å². The van der Waals surface area contributed by atoms with E-state index in [1.165, 1.54) is 0 Å². The van der Waals surface area contributed by atoms with Crippen LogP contribution in [0.2, 0.25) is 5.02 Å². The molecule has 2 atom stereocenters. The molecule has 3 rings (SSSR count). The number of carbonyl (C=O) groups is 1. The summed E-state index contributed by atoms with van der Waals surface area (Å²) in [5.41, 5.74) is 7.74. The van der Waals surface area contributed by atoms with Gasteiger partial charge in [-0.25, -0.2) is 0 Å². The normalized spacial score (nSPS) is 18.6. The van der Waals surface area contributed by atoms with E-state index in [0.717, 1.165) is 19.4 Å². The van der Waals surface area contributed by atoms with Crippen LogP contribution in [0.15, 0.2) is 28.8 Å². The molecule has 2 unspecified atom stereocenters. The van der Waals surface area contributed by atoms with Gasteiger partial charge in [-0.05, 0) is 38.7 Å². The van der Waals surface area contributed by atoms with Gasteiger partial charge in [0.1, 0.15) is 17.0 Å². The molecule has 5 nitrogen and oxygen atoms in total. The van der Waals surface area contributed by atoms with Crippen molar-refractivity contribution >= 4 is 29.9 Å². The highest BCUT2D eigenvalue weighted by atomic mass is 35.5. The van der Waals surface area contributed by atoms with Gasteiger partial charge >= 0.3 is 0 Å². The van der Waals surface area contributed by atoms with Crippen molar-refractivity contribution in [2.45, 2.75) is 32.7 Å². The van der Waals surface area contributed by atoms with Crippen LogP contribution in [0.5, 0.6) is 0 Å². The molecular formula is C18H23Cl2N3O2. The first-order chi connectivity index (χ1) is 11.5. The van der Waals surface area contributed by atoms with Crippen LogP contribution in [0, 0.1) is 12.8 Å². The van der Waals surface area contributed by atoms with Crippen LogP contribution in [0.25, 0.3) is 11.3 Å². The number of likely N-dealkylation sites (tertiary alicyclic amines) is 1. The van der Waals surface area contributed by atoms with E-state index in [1.54, 1.807) is 13.0 Å². The molecule has 2 aromatic rings. The van der Waals surface area contributed by atoms with Gasteiger partial charge in [-0.2, -0.15) is 0 Å². The standard InChI is InChI=1S/C18H22ClN3O2.ClH/c1-11(20)13-6-5-9-22(10-13)18(23)16-12(2)24-21-17(16)14-7-3-4-8-15(14)19;/h3-4,7-8,11,13H,5-6,9-10,20H2,1-2H3;1H. The number of halogens is 2. The van der Waals surface area contributed by atoms with Gasteiger partial charge in [0, 0.05) is 24.7 Å². The maximum atomic E-state index is 13.1. The Kier molecular flexibility index (Phi) is 6.49. The summed E-state index contributed by atoms with van der Waals surface area (Å²) in [6, 6.07) is 7.41. The third-order valence-electron chi connectivity index (χ3n) is 4.69. The zero-order valence-corrected chi connectivity index (χ0v) is 15.9. The van der Waals surface area contributed by atoms with Crippen LogP contribution in [-0.4, -0.2) is 35.1 Å². The average Bonchev–Trinajstić information content (AvgIpc) is 2.96. The number of aromatic nitrogens is 1. The minimum absolute atomic E-state index is 0. The molecule has 1 aromatic heterocycles. The number of hydrogen-bond acceptors (Lipinski definition) is 4. The highest BCUT2D eigenvalue weighted by molar-refractivity contribution is 6.33. The van der Waals surface area contributed by atoms with Crippen molar-refractivity contribution in [3.05, 3.63) is 40.6 Å². The van der Waals surface area contributed by atoms with Gasteiger partial charge in [0.05, 0.1) is 5.02 Å². The van der Waals surface area contributed by atoms with E-state index < -0.39 is 0 Å². The van der Waals surface area contributed by atoms with E-state index in [4.69, 9.17) is 21.9 Å². The zero-order valence-electron chi connectivity index (χ0n) is 14.4. The van der Waals surface area contributed by atoms with Crippen molar-refractivity contribution in [3.8, 4) is 11.3 Å². The molecule has 2 N–H and O–H groups in total. The van der Waals surface area contributed by atoms with Crippen molar-refractivity contribution in [3.63, 3.8) is 0 Å². The van der Waals surface area contributed by atoms with Crippen molar-refractivity contribution in [1.29, 1.82) is 0 Å². The minimum atomic E-state index is -0.0611. The molecule has 1 saturated heterocycles. The molecule has 1 aliphatic heterocycles. The molecule has 1 aromatic carbocycles. The number of aryl methyl sites for hydroxylation is 1. The van der Waals surface area contributed by atoms with Crippen LogP contribution < -0.4 is 5.73 Å². The number of piperidine rings is 1. The maximum absolute atomic E-state index is 13.1. The molecule has 0 spiro atoms. The van der Waals surface area contributed by atoms with E-state index in [0.29, 0.717) is 40.1 Å². The number of amides is 1. The van der Waals surface area contributed by atoms with Crippen molar-refractivity contribution < 1.29 is 9.32 Å². The van der Waals surface area contributed by atoms with Crippen LogP contribution >= 0.6 is 24.0 Å². The monoisotopic (exact) mass is 383 g/mol. The first-order valence-corrected chi connectivity index (χ1v) is 8.63. The van der Waals surface area contributed by atoms with Crippen molar-refractivity contribution in [2.24, 2.45) is 11.7 Å². The predicted octanol–water partition coefficient (Wildman–Crippen LogP) is 3.92. The van der Waals surface area contributed by atoms with Crippen LogP contribution in [-0.2, 0) is 0 Å². The average molecular weight is 384 g/mol. The van der Waals surface area contributed by atoms with Gasteiger partial charge in [0.25, 0.3) is 5.91 Å². The molecule has 0 aliphatic carbocycles. The van der Waals surface area contributed by atoms with Gasteiger partial charge < -0.3 is 15.2 Å². The Morgan fingerprint density at radius 1 is 1.44 bits per heavy atom. The summed E-state index contributed by atoms with van der Waals surface area (Å²) in [4.78, 5) is 15.0. The second kappa shape index (κ2) is 8.21. The van der Waals surface area contributed by atoms with Gasteiger partial charge in [-0.3, -0.25) is 4.79 Å². The summed E-state index contributed by atoms with van der Waals surface area (Å²) in [5, 5.41) is 4.63. The van der Waals surface area contributed by atoms with E-state index in [2.05, 4.69) is 5.16 Å². The van der Waals surface area contributed by atoms with Gasteiger partial charge in [-0.1, -0.05) is 35.0 Å². The molecule has 1 amide bonds. The SMILES string of the molecule is Cc1onc(-c2ccccc2Cl)c1C(=O)N1CCCC(C(C)N)C1.Cl. The maximum Gasteiger partial charge on any atom is 0.259 e. The Labute approximate surface area is 158 Å². The van der Waals surface area contributed by atoms with Crippen LogP contribution in [0.4, 0.5) is 0 Å². The molecule has 0 saturated carbocycles. The minimum Gasteiger partial charge on any atom is -0.360 e. The number of carbonyl (C=O) groups excluding carboxylic acids is 1. The van der Waals surface area contributed by atoms with Gasteiger partial charge in [0.15, 0.2) is 0 Å². The topological polar surface area (TPSA) is 72.4 Å². The quantitative estimate of drug-likeness (QED) is 0.871. The summed E-state index contributed by atoms with van der Waals surface area (Å²) >= 11 is 6.27. The highest BCUT2D eigenvalue weighted by Crippen LogP contribution is 2.32. The number of nitrogens with zero attached hydrogens (tertiary/aromatic N) is 2. The number of benzene rings is 1. The fourth-order valence-corrected chi connectivity index (χ4v) is 3.47. The molecule has 1 fully saturated rings. The third kappa shape index (κ3) is 4.00. The molecule has 136 valence electrons. The smallest absolute Gasteiger partial charge is 0.259 e. The lowest BCUT2D eigenvalue weighted by Crippen LogP contribution is -2.45. The predicted molar refractivity (Wildman–Crippen MR) is 101 cm³/mol.